The van der Waals surface area contributed by atoms with E-state index in [0.717, 1.165) is 37.8 Å². The van der Waals surface area contributed by atoms with Gasteiger partial charge in [0.2, 0.25) is 0 Å². The average Bonchev–Trinajstić information content (AvgIpc) is 3.43. The quantitative estimate of drug-likeness (QED) is 0.764. The van der Waals surface area contributed by atoms with Crippen molar-refractivity contribution in [1.82, 2.24) is 14.5 Å². The minimum atomic E-state index is -0.424. The first-order valence-corrected chi connectivity index (χ1v) is 11.5. The van der Waals surface area contributed by atoms with Crippen LogP contribution in [0.3, 0.4) is 0 Å². The van der Waals surface area contributed by atoms with Crippen LogP contribution in [-0.4, -0.2) is 27.0 Å². The molecule has 2 aromatic rings. The molecule has 31 heavy (non-hydrogen) atoms. The van der Waals surface area contributed by atoms with E-state index in [0.29, 0.717) is 35.5 Å². The molecule has 1 aliphatic carbocycles. The Labute approximate surface area is 182 Å². The molecule has 2 fully saturated rings. The molecule has 1 N–H and O–H groups in total. The summed E-state index contributed by atoms with van der Waals surface area (Å²) in [4.78, 5) is 26.1. The van der Waals surface area contributed by atoms with Crippen molar-refractivity contribution in [3.05, 3.63) is 33.1 Å². The van der Waals surface area contributed by atoms with Crippen molar-refractivity contribution >= 4 is 11.6 Å². The first kappa shape index (κ1) is 21.9. The maximum atomic E-state index is 13.1. The van der Waals surface area contributed by atoms with E-state index in [4.69, 9.17) is 9.26 Å². The normalized spacial score (nSPS) is 22.4. The van der Waals surface area contributed by atoms with Gasteiger partial charge in [-0.3, -0.25) is 14.3 Å². The van der Waals surface area contributed by atoms with Crippen LogP contribution in [0.5, 0.6) is 0 Å². The number of carbonyl (C=O) groups is 1. The summed E-state index contributed by atoms with van der Waals surface area (Å²) in [6.07, 6.45) is 6.15. The van der Waals surface area contributed by atoms with Crippen LogP contribution in [0.4, 0.5) is 5.69 Å². The van der Waals surface area contributed by atoms with E-state index in [2.05, 4.69) is 24.3 Å². The summed E-state index contributed by atoms with van der Waals surface area (Å²) in [6.45, 7) is 8.74. The Bertz CT molecular complexity index is 1010. The van der Waals surface area contributed by atoms with Crippen molar-refractivity contribution < 1.29 is 14.1 Å². The number of aromatic nitrogens is 3. The van der Waals surface area contributed by atoms with E-state index in [1.54, 1.807) is 4.68 Å². The van der Waals surface area contributed by atoms with Crippen LogP contribution < -0.4 is 10.9 Å². The minimum Gasteiger partial charge on any atom is -0.370 e. The molecule has 0 spiro atoms. The molecule has 1 saturated heterocycles. The Morgan fingerprint density at radius 1 is 1.19 bits per heavy atom. The smallest absolute Gasteiger partial charge is 0.291 e. The number of hydrogen-bond acceptors (Lipinski definition) is 5. The van der Waals surface area contributed by atoms with Crippen LogP contribution in [0.1, 0.15) is 92.0 Å². The molecule has 2 aliphatic rings. The van der Waals surface area contributed by atoms with E-state index in [1.165, 1.54) is 6.42 Å². The maximum Gasteiger partial charge on any atom is 0.291 e. The third-order valence-electron chi connectivity index (χ3n) is 7.19. The Morgan fingerprint density at radius 2 is 1.90 bits per heavy atom. The highest BCUT2D eigenvalue weighted by molar-refractivity contribution is 6.04. The molecule has 1 aliphatic heterocycles. The molecule has 2 atom stereocenters. The second-order valence-electron chi connectivity index (χ2n) is 9.46. The zero-order chi connectivity index (χ0) is 22.3. The number of amides is 1. The van der Waals surface area contributed by atoms with Crippen molar-refractivity contribution in [3.8, 4) is 0 Å². The highest BCUT2D eigenvalue weighted by atomic mass is 16.5. The molecular formula is C23H34N4O4. The first-order chi connectivity index (χ1) is 14.8. The summed E-state index contributed by atoms with van der Waals surface area (Å²) < 4.78 is 15.1. The van der Waals surface area contributed by atoms with Crippen LogP contribution in [0.2, 0.25) is 0 Å². The second kappa shape index (κ2) is 8.65. The van der Waals surface area contributed by atoms with Crippen molar-refractivity contribution in [1.29, 1.82) is 0 Å². The Balaban J connectivity index is 1.54. The van der Waals surface area contributed by atoms with Gasteiger partial charge in [-0.05, 0) is 44.9 Å². The highest BCUT2D eigenvalue weighted by Crippen LogP contribution is 2.38. The van der Waals surface area contributed by atoms with E-state index in [1.807, 2.05) is 25.6 Å². The van der Waals surface area contributed by atoms with Gasteiger partial charge in [0.05, 0.1) is 18.3 Å². The zero-order valence-electron chi connectivity index (χ0n) is 19.2. The molecule has 0 unspecified atom stereocenters. The summed E-state index contributed by atoms with van der Waals surface area (Å²) >= 11 is 0. The maximum absolute atomic E-state index is 13.1. The summed E-state index contributed by atoms with van der Waals surface area (Å²) in [5.41, 5.74) is 1.79. The van der Waals surface area contributed by atoms with Gasteiger partial charge < -0.3 is 14.6 Å². The van der Waals surface area contributed by atoms with E-state index in [9.17, 15) is 9.59 Å². The van der Waals surface area contributed by atoms with Gasteiger partial charge >= 0.3 is 0 Å². The van der Waals surface area contributed by atoms with Crippen LogP contribution in [0.15, 0.2) is 9.32 Å². The van der Waals surface area contributed by atoms with Gasteiger partial charge in [-0.2, -0.15) is 0 Å². The molecule has 8 nitrogen and oxygen atoms in total. The molecule has 0 radical (unpaired) electrons. The first-order valence-electron chi connectivity index (χ1n) is 11.5. The number of carbonyl (C=O) groups excluding carboxylic acids is 1. The minimum absolute atomic E-state index is 0.152. The number of hydrogen-bond donors (Lipinski definition) is 1. The van der Waals surface area contributed by atoms with Gasteiger partial charge in [-0.1, -0.05) is 38.3 Å². The lowest BCUT2D eigenvalue weighted by Crippen LogP contribution is -2.29. The topological polar surface area (TPSA) is 91.3 Å². The second-order valence-corrected chi connectivity index (χ2v) is 9.46. The van der Waals surface area contributed by atoms with Gasteiger partial charge in [0.15, 0.2) is 11.5 Å². The summed E-state index contributed by atoms with van der Waals surface area (Å²) in [7, 11) is 1.88. The molecule has 8 heteroatoms. The van der Waals surface area contributed by atoms with Crippen LogP contribution in [0, 0.1) is 25.7 Å². The lowest BCUT2D eigenvalue weighted by Gasteiger charge is -2.24. The Kier molecular flexibility index (Phi) is 6.10. The number of ether oxygens (including phenoxy) is 1. The van der Waals surface area contributed by atoms with Crippen molar-refractivity contribution in [2.24, 2.45) is 18.9 Å². The fourth-order valence-corrected chi connectivity index (χ4v) is 4.94. The number of rotatable bonds is 5. The third-order valence-corrected chi connectivity index (χ3v) is 7.19. The fourth-order valence-electron chi connectivity index (χ4n) is 4.94. The van der Waals surface area contributed by atoms with E-state index in [-0.39, 0.29) is 23.4 Å². The van der Waals surface area contributed by atoms with Crippen LogP contribution in [0.25, 0.3) is 0 Å². The van der Waals surface area contributed by atoms with Crippen molar-refractivity contribution in [2.75, 3.05) is 11.9 Å². The number of nitrogens with zero attached hydrogens (tertiary/aromatic N) is 3. The Morgan fingerprint density at radius 3 is 2.55 bits per heavy atom. The fraction of sp³-hybridized carbons (Fsp3) is 0.696. The van der Waals surface area contributed by atoms with Crippen molar-refractivity contribution in [3.63, 3.8) is 0 Å². The standard InChI is InChI=1S/C23H34N4O4/c1-13(2)16-11-18(30-12-16)21-14(3)19(25-31-21)22(28)24-20-15(4)26(5)27(23(20)29)17-9-7-6-8-10-17/h13,16-18H,6-12H2,1-5H3,(H,24,28)/t16-,18+/m1/s1. The van der Waals surface area contributed by atoms with Crippen LogP contribution in [-0.2, 0) is 11.8 Å². The molecule has 1 saturated carbocycles. The van der Waals surface area contributed by atoms with E-state index < -0.39 is 5.91 Å². The SMILES string of the molecule is Cc1c(C(=O)Nc2c(C)n(C)n(C3CCCCC3)c2=O)noc1[C@@H]1C[C@@H](C(C)C)CO1. The predicted octanol–water partition coefficient (Wildman–Crippen LogP) is 4.28. The lowest BCUT2D eigenvalue weighted by molar-refractivity contribution is 0.0820. The van der Waals surface area contributed by atoms with E-state index >= 15 is 0 Å². The Hall–Kier alpha value is -2.35. The van der Waals surface area contributed by atoms with Gasteiger partial charge in [0.25, 0.3) is 11.5 Å². The van der Waals surface area contributed by atoms with Gasteiger partial charge in [0, 0.05) is 12.6 Å². The molecule has 170 valence electrons. The van der Waals surface area contributed by atoms with Gasteiger partial charge in [-0.25, -0.2) is 4.68 Å². The largest absolute Gasteiger partial charge is 0.370 e. The lowest BCUT2D eigenvalue weighted by atomic mass is 9.92. The molecule has 2 aromatic heterocycles. The molecule has 3 heterocycles. The summed E-state index contributed by atoms with van der Waals surface area (Å²) in [5, 5.41) is 6.83. The highest BCUT2D eigenvalue weighted by Gasteiger charge is 2.34. The summed E-state index contributed by atoms with van der Waals surface area (Å²) in [5.74, 6) is 1.19. The van der Waals surface area contributed by atoms with Gasteiger partial charge in [-0.15, -0.1) is 0 Å². The van der Waals surface area contributed by atoms with Gasteiger partial charge in [0.1, 0.15) is 11.8 Å². The predicted molar refractivity (Wildman–Crippen MR) is 117 cm³/mol. The molecule has 0 bridgehead atoms. The molecule has 4 rings (SSSR count). The number of nitrogens with one attached hydrogen (secondary N) is 1. The molecule has 0 aromatic carbocycles. The van der Waals surface area contributed by atoms with Crippen molar-refractivity contribution in [2.45, 2.75) is 78.4 Å². The third kappa shape index (κ3) is 3.97. The summed E-state index contributed by atoms with van der Waals surface area (Å²) in [6, 6.07) is 0.185. The monoisotopic (exact) mass is 430 g/mol. The number of anilines is 1. The van der Waals surface area contributed by atoms with Crippen LogP contribution >= 0.6 is 0 Å². The zero-order valence-corrected chi connectivity index (χ0v) is 19.2. The molecular weight excluding hydrogens is 396 g/mol. The average molecular weight is 431 g/mol. The molecule has 1 amide bonds.